The van der Waals surface area contributed by atoms with Crippen molar-refractivity contribution >= 4 is 23.0 Å². The van der Waals surface area contributed by atoms with Crippen LogP contribution >= 0.6 is 11.6 Å². The Morgan fingerprint density at radius 2 is 1.85 bits per heavy atom. The van der Waals surface area contributed by atoms with Gasteiger partial charge in [-0.2, -0.15) is 0 Å². The van der Waals surface area contributed by atoms with Gasteiger partial charge in [-0.25, -0.2) is 0 Å². The van der Waals surface area contributed by atoms with Crippen LogP contribution in [0.4, 0.5) is 11.4 Å². The van der Waals surface area contributed by atoms with Crippen LogP contribution in [0.2, 0.25) is 5.02 Å². The van der Waals surface area contributed by atoms with Gasteiger partial charge in [0.05, 0.1) is 27.2 Å². The number of nitro groups is 1. The molecule has 0 saturated heterocycles. The van der Waals surface area contributed by atoms with Crippen LogP contribution in [0.5, 0.6) is 0 Å². The summed E-state index contributed by atoms with van der Waals surface area (Å²) in [6.45, 7) is 6.60. The molecule has 1 N–H and O–H groups in total. The summed E-state index contributed by atoms with van der Waals surface area (Å²) in [7, 11) is 0. The number of halogens is 1. The van der Waals surface area contributed by atoms with Crippen LogP contribution in [0.25, 0.3) is 0 Å². The third kappa shape index (κ3) is 3.02. The zero-order valence-electron chi connectivity index (χ0n) is 15.7. The van der Waals surface area contributed by atoms with Gasteiger partial charge < -0.3 is 5.32 Å². The molecular formula is C22H23ClN2O2. The van der Waals surface area contributed by atoms with E-state index in [1.165, 1.54) is 17.2 Å². The van der Waals surface area contributed by atoms with Gasteiger partial charge in [0, 0.05) is 12.0 Å². The van der Waals surface area contributed by atoms with E-state index in [1.54, 1.807) is 6.07 Å². The maximum absolute atomic E-state index is 11.6. The maximum atomic E-state index is 11.6. The second-order valence-corrected chi connectivity index (χ2v) is 8.87. The van der Waals surface area contributed by atoms with Crippen molar-refractivity contribution < 1.29 is 4.92 Å². The molecule has 1 aliphatic heterocycles. The minimum atomic E-state index is -0.307. The molecule has 0 spiro atoms. The zero-order chi connectivity index (χ0) is 19.3. The fraction of sp³-hybridized carbons (Fsp3) is 0.364. The van der Waals surface area contributed by atoms with Gasteiger partial charge in [-0.15, -0.1) is 0 Å². The number of rotatable bonds is 2. The first-order valence-electron chi connectivity index (χ1n) is 9.28. The van der Waals surface area contributed by atoms with Crippen LogP contribution in [0.3, 0.4) is 0 Å². The summed E-state index contributed by atoms with van der Waals surface area (Å²) in [5.74, 6) is 0.253. The van der Waals surface area contributed by atoms with Crippen molar-refractivity contribution in [3.8, 4) is 0 Å². The number of allylic oxidation sites excluding steroid dienone is 2. The summed E-state index contributed by atoms with van der Waals surface area (Å²) < 4.78 is 0. The highest BCUT2D eigenvalue weighted by atomic mass is 35.5. The van der Waals surface area contributed by atoms with Crippen molar-refractivity contribution in [3.63, 3.8) is 0 Å². The standard InChI is InChI=1S/C22H23ClN2O2/c1-22(2,3)14-9-7-13(8-10-14)20-16-6-4-5-15(16)19-18(25(26)27)12-11-17(23)21(19)24-20/h4-5,7-12,15-16,20,24H,6H2,1-3H3/t15-,16+,20+/m1/s1. The fourth-order valence-electron chi connectivity index (χ4n) is 4.33. The lowest BCUT2D eigenvalue weighted by molar-refractivity contribution is -0.385. The highest BCUT2D eigenvalue weighted by molar-refractivity contribution is 6.33. The van der Waals surface area contributed by atoms with E-state index in [9.17, 15) is 10.1 Å². The summed E-state index contributed by atoms with van der Waals surface area (Å²) in [6.07, 6.45) is 5.13. The van der Waals surface area contributed by atoms with Crippen molar-refractivity contribution in [2.24, 2.45) is 5.92 Å². The second-order valence-electron chi connectivity index (χ2n) is 8.46. The van der Waals surface area contributed by atoms with Crippen LogP contribution in [-0.2, 0) is 5.41 Å². The van der Waals surface area contributed by atoms with Gasteiger partial charge in [-0.05, 0) is 34.9 Å². The molecule has 4 nitrogen and oxygen atoms in total. The van der Waals surface area contributed by atoms with E-state index in [0.717, 1.165) is 6.42 Å². The lowest BCUT2D eigenvalue weighted by Crippen LogP contribution is -2.30. The molecule has 0 bridgehead atoms. The van der Waals surface area contributed by atoms with Gasteiger partial charge >= 0.3 is 0 Å². The quantitative estimate of drug-likeness (QED) is 0.373. The van der Waals surface area contributed by atoms with E-state index < -0.39 is 0 Å². The van der Waals surface area contributed by atoms with Gasteiger partial charge in [-0.3, -0.25) is 10.1 Å². The molecule has 27 heavy (non-hydrogen) atoms. The van der Waals surface area contributed by atoms with E-state index in [-0.39, 0.29) is 33.9 Å². The number of fused-ring (bicyclic) bond motifs is 3. The molecule has 2 aliphatic rings. The number of hydrogen-bond acceptors (Lipinski definition) is 3. The van der Waals surface area contributed by atoms with E-state index in [1.807, 2.05) is 0 Å². The lowest BCUT2D eigenvalue weighted by atomic mass is 9.76. The number of anilines is 1. The number of nitrogens with zero attached hydrogens (tertiary/aromatic N) is 1. The van der Waals surface area contributed by atoms with E-state index >= 15 is 0 Å². The fourth-order valence-corrected chi connectivity index (χ4v) is 4.55. The van der Waals surface area contributed by atoms with Gasteiger partial charge in [0.15, 0.2) is 0 Å². The predicted octanol–water partition coefficient (Wildman–Crippen LogP) is 6.37. The zero-order valence-corrected chi connectivity index (χ0v) is 16.5. The minimum Gasteiger partial charge on any atom is -0.376 e. The van der Waals surface area contributed by atoms with Crippen molar-refractivity contribution in [3.05, 3.63) is 80.4 Å². The Morgan fingerprint density at radius 1 is 1.15 bits per heavy atom. The van der Waals surface area contributed by atoms with Gasteiger partial charge in [0.2, 0.25) is 0 Å². The number of benzene rings is 2. The van der Waals surface area contributed by atoms with Gasteiger partial charge in [-0.1, -0.05) is 68.8 Å². The Kier molecular flexibility index (Phi) is 4.26. The molecule has 5 heteroatoms. The molecule has 1 heterocycles. The number of nitro benzene ring substituents is 1. The molecule has 2 aromatic carbocycles. The average molecular weight is 383 g/mol. The summed E-state index contributed by atoms with van der Waals surface area (Å²) in [4.78, 5) is 11.3. The largest absolute Gasteiger partial charge is 0.376 e. The van der Waals surface area contributed by atoms with E-state index in [2.05, 4.69) is 62.5 Å². The Labute approximate surface area is 164 Å². The molecule has 1 aliphatic carbocycles. The van der Waals surface area contributed by atoms with Gasteiger partial charge in [0.1, 0.15) is 0 Å². The smallest absolute Gasteiger partial charge is 0.275 e. The highest BCUT2D eigenvalue weighted by Crippen LogP contribution is 2.54. The molecule has 0 saturated carbocycles. The predicted molar refractivity (Wildman–Crippen MR) is 110 cm³/mol. The van der Waals surface area contributed by atoms with Crippen LogP contribution < -0.4 is 5.32 Å². The molecule has 3 atom stereocenters. The Bertz CT molecular complexity index is 929. The minimum absolute atomic E-state index is 0.00708. The summed E-state index contributed by atoms with van der Waals surface area (Å²) in [6, 6.07) is 11.9. The molecule has 0 unspecified atom stereocenters. The molecule has 0 fully saturated rings. The number of hydrogen-bond donors (Lipinski definition) is 1. The average Bonchev–Trinajstić information content (AvgIpc) is 3.10. The summed E-state index contributed by atoms with van der Waals surface area (Å²) in [5, 5.41) is 15.6. The normalized spacial score (nSPS) is 23.5. The van der Waals surface area contributed by atoms with Crippen molar-refractivity contribution in [2.75, 3.05) is 5.32 Å². The molecule has 0 aromatic heterocycles. The SMILES string of the molecule is CC(C)(C)c1ccc([C@@H]2Nc3c(Cl)ccc([N+](=O)[O-])c3[C@@H]3C=CC[C@@H]32)cc1. The highest BCUT2D eigenvalue weighted by Gasteiger charge is 2.42. The Balaban J connectivity index is 1.79. The van der Waals surface area contributed by atoms with Crippen molar-refractivity contribution in [2.45, 2.75) is 44.6 Å². The Hall–Kier alpha value is -2.33. The Morgan fingerprint density at radius 3 is 2.48 bits per heavy atom. The molecule has 4 rings (SSSR count). The number of nitrogens with one attached hydrogen (secondary N) is 1. The lowest BCUT2D eigenvalue weighted by Gasteiger charge is -2.37. The summed E-state index contributed by atoms with van der Waals surface area (Å²) in [5.41, 5.74) is 4.14. The van der Waals surface area contributed by atoms with E-state index in [0.29, 0.717) is 16.3 Å². The first kappa shape index (κ1) is 18.1. The van der Waals surface area contributed by atoms with Crippen molar-refractivity contribution in [1.29, 1.82) is 0 Å². The van der Waals surface area contributed by atoms with Crippen LogP contribution in [0.15, 0.2) is 48.6 Å². The maximum Gasteiger partial charge on any atom is 0.275 e. The molecule has 0 radical (unpaired) electrons. The topological polar surface area (TPSA) is 55.2 Å². The molecular weight excluding hydrogens is 360 g/mol. The third-order valence-electron chi connectivity index (χ3n) is 5.78. The van der Waals surface area contributed by atoms with E-state index in [4.69, 9.17) is 11.6 Å². The molecule has 2 aromatic rings. The molecule has 0 amide bonds. The van der Waals surface area contributed by atoms with Crippen LogP contribution in [0.1, 0.15) is 55.8 Å². The van der Waals surface area contributed by atoms with Crippen molar-refractivity contribution in [1.82, 2.24) is 0 Å². The monoisotopic (exact) mass is 382 g/mol. The van der Waals surface area contributed by atoms with Gasteiger partial charge in [0.25, 0.3) is 5.69 Å². The van der Waals surface area contributed by atoms with Crippen LogP contribution in [-0.4, -0.2) is 4.92 Å². The second kappa shape index (κ2) is 6.38. The summed E-state index contributed by atoms with van der Waals surface area (Å²) >= 11 is 6.44. The first-order valence-corrected chi connectivity index (χ1v) is 9.65. The first-order chi connectivity index (χ1) is 12.8. The van der Waals surface area contributed by atoms with Crippen LogP contribution in [0, 0.1) is 16.0 Å². The molecule has 140 valence electrons. The third-order valence-corrected chi connectivity index (χ3v) is 6.09.